The summed E-state index contributed by atoms with van der Waals surface area (Å²) in [5.41, 5.74) is 2.57. The zero-order valence-electron chi connectivity index (χ0n) is 10.5. The molecule has 96 valence electrons. The minimum absolute atomic E-state index is 0.358. The molecule has 1 atom stereocenters. The van der Waals surface area contributed by atoms with Crippen molar-refractivity contribution in [1.82, 2.24) is 10.7 Å². The molecule has 5 nitrogen and oxygen atoms in total. The molecular formula is C10H24N4OS. The zero-order valence-corrected chi connectivity index (χ0v) is 11.3. The summed E-state index contributed by atoms with van der Waals surface area (Å²) in [4.78, 5) is 4.32. The lowest BCUT2D eigenvalue weighted by molar-refractivity contribution is 0.146. The highest BCUT2D eigenvalue weighted by molar-refractivity contribution is 7.98. The molecule has 0 bridgehead atoms. The molecule has 0 aromatic rings. The van der Waals surface area contributed by atoms with E-state index in [1.807, 2.05) is 6.92 Å². The van der Waals surface area contributed by atoms with E-state index in [1.54, 1.807) is 11.8 Å². The van der Waals surface area contributed by atoms with Crippen LogP contribution in [0.5, 0.6) is 0 Å². The number of aliphatic imine (C=N–C) groups is 1. The normalized spacial score (nSPS) is 13.6. The quantitative estimate of drug-likeness (QED) is 0.193. The minimum Gasteiger partial charge on any atom is -0.382 e. The third kappa shape index (κ3) is 8.82. The van der Waals surface area contributed by atoms with Gasteiger partial charge in [0.25, 0.3) is 0 Å². The number of thioether (sulfide) groups is 1. The highest BCUT2D eigenvalue weighted by atomic mass is 32.2. The van der Waals surface area contributed by atoms with Gasteiger partial charge >= 0.3 is 0 Å². The fourth-order valence-electron chi connectivity index (χ4n) is 1.16. The first kappa shape index (κ1) is 15.5. The molecule has 6 heteroatoms. The highest BCUT2D eigenvalue weighted by Gasteiger charge is 2.02. The van der Waals surface area contributed by atoms with Crippen LogP contribution >= 0.6 is 11.8 Å². The molecule has 0 radical (unpaired) electrons. The Bertz CT molecular complexity index is 190. The molecule has 4 N–H and O–H groups in total. The lowest BCUT2D eigenvalue weighted by Gasteiger charge is -2.15. The number of hydrogen-bond acceptors (Lipinski definition) is 4. The third-order valence-electron chi connectivity index (χ3n) is 1.86. The van der Waals surface area contributed by atoms with Crippen molar-refractivity contribution in [3.05, 3.63) is 0 Å². The summed E-state index contributed by atoms with van der Waals surface area (Å²) in [6.45, 7) is 6.32. The van der Waals surface area contributed by atoms with Crippen molar-refractivity contribution in [2.24, 2.45) is 10.8 Å². The van der Waals surface area contributed by atoms with Crippen LogP contribution in [0.4, 0.5) is 0 Å². The second-order valence-electron chi connectivity index (χ2n) is 3.43. The molecule has 0 aromatic carbocycles. The molecule has 1 unspecified atom stereocenters. The first-order valence-electron chi connectivity index (χ1n) is 5.58. The molecule has 0 saturated carbocycles. The van der Waals surface area contributed by atoms with E-state index in [9.17, 15) is 0 Å². The van der Waals surface area contributed by atoms with Gasteiger partial charge in [-0.05, 0) is 26.5 Å². The van der Waals surface area contributed by atoms with E-state index in [-0.39, 0.29) is 0 Å². The summed E-state index contributed by atoms with van der Waals surface area (Å²) in [5.74, 6) is 7.06. The first-order chi connectivity index (χ1) is 7.74. The Morgan fingerprint density at radius 3 is 2.88 bits per heavy atom. The summed E-state index contributed by atoms with van der Waals surface area (Å²) in [6, 6.07) is 0.358. The lowest BCUT2D eigenvalue weighted by atomic mass is 10.4. The maximum absolute atomic E-state index is 5.38. The third-order valence-corrected chi connectivity index (χ3v) is 2.69. The lowest BCUT2D eigenvalue weighted by Crippen LogP contribution is -2.46. The predicted molar refractivity (Wildman–Crippen MR) is 71.7 cm³/mol. The number of guanidine groups is 1. The van der Waals surface area contributed by atoms with E-state index >= 15 is 0 Å². The predicted octanol–water partition coefficient (Wildman–Crippen LogP) is 0.573. The van der Waals surface area contributed by atoms with E-state index in [4.69, 9.17) is 10.6 Å². The maximum Gasteiger partial charge on any atom is 0.205 e. The fourth-order valence-corrected chi connectivity index (χ4v) is 1.74. The van der Waals surface area contributed by atoms with Gasteiger partial charge in [-0.1, -0.05) is 0 Å². The maximum atomic E-state index is 5.38. The van der Waals surface area contributed by atoms with Crippen LogP contribution in [0.2, 0.25) is 0 Å². The monoisotopic (exact) mass is 248 g/mol. The van der Waals surface area contributed by atoms with Crippen LogP contribution in [0.3, 0.4) is 0 Å². The molecule has 16 heavy (non-hydrogen) atoms. The Morgan fingerprint density at radius 1 is 1.56 bits per heavy atom. The summed E-state index contributed by atoms with van der Waals surface area (Å²) in [6.07, 6.45) is 2.99. The van der Waals surface area contributed by atoms with Crippen LogP contribution in [0.1, 0.15) is 20.3 Å². The van der Waals surface area contributed by atoms with Crippen LogP contribution in [0, 0.1) is 0 Å². The van der Waals surface area contributed by atoms with Gasteiger partial charge in [0.05, 0.1) is 0 Å². The van der Waals surface area contributed by atoms with Crippen LogP contribution in [0.25, 0.3) is 0 Å². The number of nitrogens with zero attached hydrogens (tertiary/aromatic N) is 1. The van der Waals surface area contributed by atoms with Gasteiger partial charge in [0.1, 0.15) is 0 Å². The van der Waals surface area contributed by atoms with Gasteiger partial charge in [-0.25, -0.2) is 5.84 Å². The molecule has 0 aliphatic rings. The van der Waals surface area contributed by atoms with Crippen molar-refractivity contribution >= 4 is 17.7 Å². The molecular weight excluding hydrogens is 224 g/mol. The molecule has 0 saturated heterocycles. The van der Waals surface area contributed by atoms with Gasteiger partial charge in [0.2, 0.25) is 5.96 Å². The number of rotatable bonds is 8. The molecule has 0 aliphatic carbocycles. The van der Waals surface area contributed by atoms with Gasteiger partial charge in [-0.15, -0.1) is 0 Å². The van der Waals surface area contributed by atoms with Crippen LogP contribution < -0.4 is 16.6 Å². The molecule has 0 heterocycles. The average molecular weight is 248 g/mol. The van der Waals surface area contributed by atoms with Gasteiger partial charge in [0, 0.05) is 31.6 Å². The second-order valence-corrected chi connectivity index (χ2v) is 4.34. The van der Waals surface area contributed by atoms with Crippen LogP contribution in [-0.2, 0) is 4.74 Å². The van der Waals surface area contributed by atoms with Gasteiger partial charge < -0.3 is 10.1 Å². The van der Waals surface area contributed by atoms with Crippen molar-refractivity contribution < 1.29 is 4.74 Å². The number of nitrogens with one attached hydrogen (secondary N) is 2. The van der Waals surface area contributed by atoms with Crippen LogP contribution in [-0.4, -0.2) is 43.8 Å². The van der Waals surface area contributed by atoms with Crippen molar-refractivity contribution in [3.8, 4) is 0 Å². The molecule has 0 spiro atoms. The Morgan fingerprint density at radius 2 is 2.31 bits per heavy atom. The standard InChI is InChI=1S/C10H24N4OS/c1-4-15-7-5-6-12-10(14-11)13-9(2)8-16-3/h9H,4-8,11H2,1-3H3,(H2,12,13,14). The second kappa shape index (κ2) is 11.0. The first-order valence-corrected chi connectivity index (χ1v) is 6.98. The largest absolute Gasteiger partial charge is 0.382 e. The van der Waals surface area contributed by atoms with E-state index in [0.717, 1.165) is 31.9 Å². The van der Waals surface area contributed by atoms with E-state index < -0.39 is 0 Å². The van der Waals surface area contributed by atoms with E-state index in [2.05, 4.69) is 28.9 Å². The van der Waals surface area contributed by atoms with Crippen LogP contribution in [0.15, 0.2) is 4.99 Å². The molecule has 0 aromatic heterocycles. The molecule has 0 rings (SSSR count). The Hall–Kier alpha value is -0.460. The van der Waals surface area contributed by atoms with Crippen molar-refractivity contribution in [2.75, 3.05) is 31.8 Å². The SMILES string of the molecule is CCOCCCN=C(NN)NC(C)CSC. The average Bonchev–Trinajstić information content (AvgIpc) is 2.27. The molecule has 0 amide bonds. The van der Waals surface area contributed by atoms with E-state index in [1.165, 1.54) is 0 Å². The number of nitrogens with two attached hydrogens (primary N) is 1. The molecule has 0 fully saturated rings. The fraction of sp³-hybridized carbons (Fsp3) is 0.900. The Balaban J connectivity index is 3.74. The zero-order chi connectivity index (χ0) is 12.2. The smallest absolute Gasteiger partial charge is 0.205 e. The van der Waals surface area contributed by atoms with Crippen molar-refractivity contribution in [2.45, 2.75) is 26.3 Å². The van der Waals surface area contributed by atoms with Crippen molar-refractivity contribution in [3.63, 3.8) is 0 Å². The van der Waals surface area contributed by atoms with Gasteiger partial charge in [-0.2, -0.15) is 11.8 Å². The number of ether oxygens (including phenoxy) is 1. The molecule has 0 aliphatic heterocycles. The Labute approximate surface area is 103 Å². The minimum atomic E-state index is 0.358. The van der Waals surface area contributed by atoms with Gasteiger partial charge in [-0.3, -0.25) is 10.4 Å². The summed E-state index contributed by atoms with van der Waals surface area (Å²) in [7, 11) is 0. The highest BCUT2D eigenvalue weighted by Crippen LogP contribution is 1.95. The topological polar surface area (TPSA) is 71.7 Å². The van der Waals surface area contributed by atoms with Gasteiger partial charge in [0.15, 0.2) is 0 Å². The Kier molecular flexibility index (Phi) is 10.7. The summed E-state index contributed by atoms with van der Waals surface area (Å²) in [5, 5.41) is 3.21. The number of hydrogen-bond donors (Lipinski definition) is 3. The number of hydrazine groups is 1. The summed E-state index contributed by atoms with van der Waals surface area (Å²) < 4.78 is 5.22. The van der Waals surface area contributed by atoms with Crippen molar-refractivity contribution in [1.29, 1.82) is 0 Å². The van der Waals surface area contributed by atoms with E-state index in [0.29, 0.717) is 12.0 Å². The summed E-state index contributed by atoms with van der Waals surface area (Å²) >= 11 is 1.79.